The second-order valence-corrected chi connectivity index (χ2v) is 4.07. The summed E-state index contributed by atoms with van der Waals surface area (Å²) in [6.45, 7) is 5.85. The third kappa shape index (κ3) is 2.20. The van der Waals surface area contributed by atoms with Crippen LogP contribution < -0.4 is 0 Å². The molecule has 1 aromatic carbocycles. The first-order valence-corrected chi connectivity index (χ1v) is 5.53. The van der Waals surface area contributed by atoms with Gasteiger partial charge in [0.25, 0.3) is 0 Å². The van der Waals surface area contributed by atoms with Gasteiger partial charge >= 0.3 is 0 Å². The highest BCUT2D eigenvalue weighted by molar-refractivity contribution is 5.24. The molecule has 0 saturated heterocycles. The molecule has 2 heteroatoms. The van der Waals surface area contributed by atoms with Crippen LogP contribution in [0.5, 0.6) is 0 Å². The molecule has 2 atom stereocenters. The van der Waals surface area contributed by atoms with E-state index in [4.69, 9.17) is 0 Å². The highest BCUT2D eigenvalue weighted by atomic mass is 19.1. The summed E-state index contributed by atoms with van der Waals surface area (Å²) in [5, 5.41) is 10.5. The van der Waals surface area contributed by atoms with Crippen LogP contribution in [-0.2, 0) is 5.60 Å². The topological polar surface area (TPSA) is 20.2 Å². The minimum Gasteiger partial charge on any atom is -0.385 e. The molecule has 0 fully saturated rings. The number of halogens is 1. The summed E-state index contributed by atoms with van der Waals surface area (Å²) in [5.74, 6) is -0.262. The molecule has 0 bridgehead atoms. The molecule has 0 amide bonds. The summed E-state index contributed by atoms with van der Waals surface area (Å²) < 4.78 is 13.6. The van der Waals surface area contributed by atoms with Gasteiger partial charge in [-0.3, -0.25) is 0 Å². The summed E-state index contributed by atoms with van der Waals surface area (Å²) >= 11 is 0. The first-order valence-electron chi connectivity index (χ1n) is 5.53. The zero-order valence-electron chi connectivity index (χ0n) is 9.63. The molecule has 0 heterocycles. The van der Waals surface area contributed by atoms with Gasteiger partial charge < -0.3 is 5.11 Å². The first-order chi connectivity index (χ1) is 7.06. The van der Waals surface area contributed by atoms with Crippen molar-refractivity contribution in [3.8, 4) is 0 Å². The quantitative estimate of drug-likeness (QED) is 0.806. The van der Waals surface area contributed by atoms with Crippen LogP contribution in [0, 0.1) is 11.7 Å². The molecule has 84 valence electrons. The number of rotatable bonds is 4. The minimum absolute atomic E-state index is 0.0550. The third-order valence-electron chi connectivity index (χ3n) is 3.31. The monoisotopic (exact) mass is 210 g/mol. The summed E-state index contributed by atoms with van der Waals surface area (Å²) in [7, 11) is 0. The fraction of sp³-hybridized carbons (Fsp3) is 0.538. The van der Waals surface area contributed by atoms with Gasteiger partial charge in [-0.1, -0.05) is 45.4 Å². The maximum atomic E-state index is 13.6. The highest BCUT2D eigenvalue weighted by Crippen LogP contribution is 2.35. The predicted octanol–water partition coefficient (Wildman–Crippen LogP) is 3.47. The van der Waals surface area contributed by atoms with E-state index in [-0.39, 0.29) is 11.7 Å². The molecule has 1 rings (SSSR count). The van der Waals surface area contributed by atoms with Gasteiger partial charge in [-0.15, -0.1) is 0 Å². The van der Waals surface area contributed by atoms with Crippen molar-refractivity contribution in [3.05, 3.63) is 35.6 Å². The average Bonchev–Trinajstić information content (AvgIpc) is 2.27. The molecule has 15 heavy (non-hydrogen) atoms. The van der Waals surface area contributed by atoms with E-state index in [1.807, 2.05) is 20.8 Å². The van der Waals surface area contributed by atoms with E-state index < -0.39 is 5.60 Å². The second-order valence-electron chi connectivity index (χ2n) is 4.07. The van der Waals surface area contributed by atoms with E-state index in [0.717, 1.165) is 6.42 Å². The Morgan fingerprint density at radius 3 is 2.40 bits per heavy atom. The van der Waals surface area contributed by atoms with E-state index in [1.165, 1.54) is 6.07 Å². The van der Waals surface area contributed by atoms with Crippen molar-refractivity contribution in [1.82, 2.24) is 0 Å². The smallest absolute Gasteiger partial charge is 0.129 e. The highest BCUT2D eigenvalue weighted by Gasteiger charge is 2.34. The van der Waals surface area contributed by atoms with Crippen LogP contribution in [0.2, 0.25) is 0 Å². The maximum absolute atomic E-state index is 13.6. The third-order valence-corrected chi connectivity index (χ3v) is 3.31. The van der Waals surface area contributed by atoms with Crippen LogP contribution in [0.3, 0.4) is 0 Å². The van der Waals surface area contributed by atoms with Crippen molar-refractivity contribution in [3.63, 3.8) is 0 Å². The van der Waals surface area contributed by atoms with Crippen molar-refractivity contribution in [1.29, 1.82) is 0 Å². The van der Waals surface area contributed by atoms with Gasteiger partial charge in [0.1, 0.15) is 5.82 Å². The summed E-state index contributed by atoms with van der Waals surface area (Å²) in [5.41, 5.74) is -0.623. The zero-order valence-corrected chi connectivity index (χ0v) is 9.63. The van der Waals surface area contributed by atoms with Crippen LogP contribution in [-0.4, -0.2) is 5.11 Å². The van der Waals surface area contributed by atoms with Crippen molar-refractivity contribution < 1.29 is 9.50 Å². The number of hydrogen-bond acceptors (Lipinski definition) is 1. The van der Waals surface area contributed by atoms with Gasteiger partial charge in [-0.25, -0.2) is 4.39 Å². The Labute approximate surface area is 90.9 Å². The van der Waals surface area contributed by atoms with Crippen molar-refractivity contribution in [2.45, 2.75) is 39.2 Å². The maximum Gasteiger partial charge on any atom is 0.129 e. The molecule has 0 aliphatic heterocycles. The van der Waals surface area contributed by atoms with E-state index >= 15 is 0 Å². The lowest BCUT2D eigenvalue weighted by molar-refractivity contribution is -0.0254. The second kappa shape index (κ2) is 4.75. The molecule has 0 spiro atoms. The number of hydrogen-bond donors (Lipinski definition) is 1. The molecule has 1 aromatic rings. The Kier molecular flexibility index (Phi) is 3.86. The molecule has 0 aliphatic carbocycles. The van der Waals surface area contributed by atoms with Crippen LogP contribution in [0.25, 0.3) is 0 Å². The van der Waals surface area contributed by atoms with E-state index in [1.54, 1.807) is 18.2 Å². The van der Waals surface area contributed by atoms with Gasteiger partial charge in [0.2, 0.25) is 0 Å². The lowest BCUT2D eigenvalue weighted by atomic mass is 9.79. The van der Waals surface area contributed by atoms with Gasteiger partial charge in [-0.2, -0.15) is 0 Å². The molecule has 0 radical (unpaired) electrons. The van der Waals surface area contributed by atoms with Gasteiger partial charge in [0, 0.05) is 5.56 Å². The Morgan fingerprint density at radius 1 is 1.33 bits per heavy atom. The number of benzene rings is 1. The van der Waals surface area contributed by atoms with Crippen molar-refractivity contribution in [2.24, 2.45) is 5.92 Å². The Bertz CT molecular complexity index is 324. The molecule has 1 nitrogen and oxygen atoms in total. The van der Waals surface area contributed by atoms with E-state index in [2.05, 4.69) is 0 Å². The van der Waals surface area contributed by atoms with Crippen LogP contribution in [0.15, 0.2) is 24.3 Å². The van der Waals surface area contributed by atoms with Crippen molar-refractivity contribution in [2.75, 3.05) is 0 Å². The molecular formula is C13H19FO. The molecule has 1 N–H and O–H groups in total. The molecule has 0 aliphatic rings. The molecule has 0 saturated carbocycles. The minimum atomic E-state index is -1.04. The van der Waals surface area contributed by atoms with Crippen LogP contribution in [0.1, 0.15) is 39.2 Å². The molecule has 0 aromatic heterocycles. The lowest BCUT2D eigenvalue weighted by Gasteiger charge is -2.33. The Hall–Kier alpha value is -0.890. The predicted molar refractivity (Wildman–Crippen MR) is 60.0 cm³/mol. The molecular weight excluding hydrogens is 191 g/mol. The van der Waals surface area contributed by atoms with Gasteiger partial charge in [-0.05, 0) is 18.4 Å². The van der Waals surface area contributed by atoms with Crippen LogP contribution in [0.4, 0.5) is 4.39 Å². The lowest BCUT2D eigenvalue weighted by Crippen LogP contribution is -2.33. The standard InChI is InChI=1S/C13H19FO/c1-4-10(3)13(15,5-2)11-8-6-7-9-12(11)14/h6-10,15H,4-5H2,1-3H3. The fourth-order valence-electron chi connectivity index (χ4n) is 1.95. The summed E-state index contributed by atoms with van der Waals surface area (Å²) in [6, 6.07) is 6.48. The zero-order chi connectivity index (χ0) is 11.5. The van der Waals surface area contributed by atoms with E-state index in [0.29, 0.717) is 12.0 Å². The first kappa shape index (κ1) is 12.2. The Balaban J connectivity index is 3.17. The fourth-order valence-corrected chi connectivity index (χ4v) is 1.95. The van der Waals surface area contributed by atoms with E-state index in [9.17, 15) is 9.50 Å². The van der Waals surface area contributed by atoms with Gasteiger partial charge in [0.15, 0.2) is 0 Å². The molecule has 2 unspecified atom stereocenters. The average molecular weight is 210 g/mol. The Morgan fingerprint density at radius 2 is 1.93 bits per heavy atom. The van der Waals surface area contributed by atoms with Crippen molar-refractivity contribution >= 4 is 0 Å². The summed E-state index contributed by atoms with van der Waals surface area (Å²) in [6.07, 6.45) is 1.36. The number of aliphatic hydroxyl groups is 1. The largest absolute Gasteiger partial charge is 0.385 e. The summed E-state index contributed by atoms with van der Waals surface area (Å²) in [4.78, 5) is 0. The van der Waals surface area contributed by atoms with Gasteiger partial charge in [0.05, 0.1) is 5.60 Å². The van der Waals surface area contributed by atoms with Crippen LogP contribution >= 0.6 is 0 Å². The normalized spacial score (nSPS) is 17.1. The SMILES string of the molecule is CCC(C)C(O)(CC)c1ccccc1F.